The number of nitrogens with zero attached hydrogens (tertiary/aromatic N) is 2. The van der Waals surface area contributed by atoms with E-state index in [2.05, 4.69) is 10.4 Å². The van der Waals surface area contributed by atoms with Crippen LogP contribution in [0.5, 0.6) is 0 Å². The number of carboxylic acid groups (broad SMARTS) is 1. The van der Waals surface area contributed by atoms with E-state index in [1.807, 2.05) is 80.6 Å². The molecule has 0 saturated heterocycles. The summed E-state index contributed by atoms with van der Waals surface area (Å²) in [6.45, 7) is 4.23. The van der Waals surface area contributed by atoms with E-state index in [4.69, 9.17) is 9.84 Å². The van der Waals surface area contributed by atoms with E-state index in [0.717, 1.165) is 22.3 Å². The largest absolute Gasteiger partial charge is 0.481 e. The maximum atomic E-state index is 13.2. The zero-order valence-corrected chi connectivity index (χ0v) is 21.5. The van der Waals surface area contributed by atoms with Gasteiger partial charge in [0, 0.05) is 17.7 Å². The van der Waals surface area contributed by atoms with Gasteiger partial charge in [0.1, 0.15) is 0 Å². The Morgan fingerprint density at radius 3 is 2.26 bits per heavy atom. The van der Waals surface area contributed by atoms with Gasteiger partial charge in [-0.3, -0.25) is 14.4 Å². The van der Waals surface area contributed by atoms with E-state index in [1.165, 1.54) is 5.01 Å². The Bertz CT molecular complexity index is 1300. The molecule has 1 heterocycles. The Balaban J connectivity index is 1.43. The van der Waals surface area contributed by atoms with Gasteiger partial charge >= 0.3 is 5.97 Å². The number of hydrogen-bond donors (Lipinski definition) is 2. The fraction of sp³-hybridized carbons (Fsp3) is 0.267. The lowest BCUT2D eigenvalue weighted by Gasteiger charge is -2.24. The van der Waals surface area contributed by atoms with Crippen molar-refractivity contribution in [3.8, 4) is 0 Å². The monoisotopic (exact) mass is 513 g/mol. The third-order valence-corrected chi connectivity index (χ3v) is 6.32. The van der Waals surface area contributed by atoms with Crippen LogP contribution in [0.25, 0.3) is 0 Å². The van der Waals surface area contributed by atoms with Crippen LogP contribution in [0.1, 0.15) is 48.4 Å². The van der Waals surface area contributed by atoms with Crippen LogP contribution in [0.2, 0.25) is 0 Å². The summed E-state index contributed by atoms with van der Waals surface area (Å²) in [5, 5.41) is 17.6. The van der Waals surface area contributed by atoms with Crippen LogP contribution in [-0.2, 0) is 32.1 Å². The Morgan fingerprint density at radius 2 is 1.63 bits per heavy atom. The molecule has 1 aliphatic heterocycles. The molecule has 38 heavy (non-hydrogen) atoms. The fourth-order valence-electron chi connectivity index (χ4n) is 4.31. The molecule has 0 bridgehead atoms. The summed E-state index contributed by atoms with van der Waals surface area (Å²) in [6.07, 6.45) is 0.511. The molecular weight excluding hydrogens is 482 g/mol. The van der Waals surface area contributed by atoms with Crippen LogP contribution in [0.3, 0.4) is 0 Å². The van der Waals surface area contributed by atoms with Gasteiger partial charge in [0.2, 0.25) is 11.8 Å². The molecule has 0 radical (unpaired) electrons. The summed E-state index contributed by atoms with van der Waals surface area (Å²) in [5.41, 5.74) is 4.14. The van der Waals surface area contributed by atoms with E-state index in [9.17, 15) is 14.4 Å². The number of amides is 2. The summed E-state index contributed by atoms with van der Waals surface area (Å²) in [6, 6.07) is 24.3. The van der Waals surface area contributed by atoms with Crippen LogP contribution in [0.15, 0.2) is 84.0 Å². The molecule has 4 rings (SSSR count). The average Bonchev–Trinajstić information content (AvgIpc) is 2.91. The van der Waals surface area contributed by atoms with Crippen molar-refractivity contribution >= 4 is 29.4 Å². The highest BCUT2D eigenvalue weighted by atomic mass is 16.5. The lowest BCUT2D eigenvalue weighted by atomic mass is 9.87. The summed E-state index contributed by atoms with van der Waals surface area (Å²) < 4.78 is 5.52. The molecule has 0 aromatic heterocycles. The van der Waals surface area contributed by atoms with Crippen LogP contribution < -0.4 is 5.32 Å². The van der Waals surface area contributed by atoms with Gasteiger partial charge < -0.3 is 15.2 Å². The van der Waals surface area contributed by atoms with Gasteiger partial charge in [0.15, 0.2) is 6.61 Å². The maximum absolute atomic E-state index is 13.2. The molecule has 196 valence electrons. The Labute approximate surface area is 221 Å². The predicted molar refractivity (Wildman–Crippen MR) is 145 cm³/mol. The predicted octanol–water partition coefficient (Wildman–Crippen LogP) is 4.80. The Morgan fingerprint density at radius 1 is 0.974 bits per heavy atom. The number of hydrazone groups is 1. The number of aliphatic carboxylic acids is 1. The molecule has 0 fully saturated rings. The first-order valence-corrected chi connectivity index (χ1v) is 12.6. The van der Waals surface area contributed by atoms with E-state index >= 15 is 0 Å². The smallest absolute Gasteiger partial charge is 0.303 e. The number of anilines is 1. The summed E-state index contributed by atoms with van der Waals surface area (Å²) >= 11 is 0. The Kier molecular flexibility index (Phi) is 8.53. The van der Waals surface area contributed by atoms with E-state index in [1.54, 1.807) is 12.1 Å². The molecule has 1 atom stereocenters. The normalized spacial score (nSPS) is 14.0. The van der Waals surface area contributed by atoms with Crippen LogP contribution in [0.4, 0.5) is 5.69 Å². The number of aryl methyl sites for hydroxylation is 1. The number of hydrogen-bond acceptors (Lipinski definition) is 5. The molecule has 1 unspecified atom stereocenters. The second-order valence-corrected chi connectivity index (χ2v) is 9.55. The third kappa shape index (κ3) is 6.85. The molecule has 0 spiro atoms. The molecule has 2 N–H and O–H groups in total. The molecule has 3 aromatic rings. The van der Waals surface area contributed by atoms with Crippen molar-refractivity contribution in [1.29, 1.82) is 0 Å². The number of benzene rings is 3. The van der Waals surface area contributed by atoms with Crippen molar-refractivity contribution in [2.24, 2.45) is 11.0 Å². The molecule has 1 aliphatic rings. The average molecular weight is 514 g/mol. The molecule has 8 nitrogen and oxygen atoms in total. The topological polar surface area (TPSA) is 108 Å². The first-order valence-electron chi connectivity index (χ1n) is 12.6. The quantitative estimate of drug-likeness (QED) is 0.405. The fourth-order valence-corrected chi connectivity index (χ4v) is 4.31. The minimum atomic E-state index is -0.839. The molecular formula is C30H31N3O5. The van der Waals surface area contributed by atoms with Gasteiger partial charge in [0.25, 0.3) is 5.91 Å². The van der Waals surface area contributed by atoms with Gasteiger partial charge in [-0.05, 0) is 53.3 Å². The van der Waals surface area contributed by atoms with Crippen molar-refractivity contribution in [1.82, 2.24) is 5.01 Å². The highest BCUT2D eigenvalue weighted by molar-refractivity contribution is 5.98. The summed E-state index contributed by atoms with van der Waals surface area (Å²) in [7, 11) is 0. The molecule has 2 amide bonds. The maximum Gasteiger partial charge on any atom is 0.303 e. The van der Waals surface area contributed by atoms with Crippen molar-refractivity contribution in [2.45, 2.75) is 39.2 Å². The number of nitrogens with one attached hydrogen (secondary N) is 1. The lowest BCUT2D eigenvalue weighted by Crippen LogP contribution is -2.36. The third-order valence-electron chi connectivity index (χ3n) is 6.32. The van der Waals surface area contributed by atoms with Gasteiger partial charge in [0.05, 0.1) is 12.5 Å². The van der Waals surface area contributed by atoms with Crippen LogP contribution in [-0.4, -0.2) is 40.4 Å². The highest BCUT2D eigenvalue weighted by Crippen LogP contribution is 2.27. The van der Waals surface area contributed by atoms with Crippen molar-refractivity contribution in [2.75, 3.05) is 11.9 Å². The standard InChI is InChI=1S/C30H31N3O5/c1-20(2)28(29(37)31-25-15-10-21(11-16-25)12-17-27(35)36)23-13-8-22(9-14-23)18-33-26(34)19-38-30(32-33)24-6-4-3-5-7-24/h3-11,13-16,20,28H,12,17-19H2,1-2H3,(H,31,37)(H,35,36). The van der Waals surface area contributed by atoms with E-state index in [0.29, 0.717) is 24.6 Å². The Hall–Kier alpha value is -4.46. The number of carbonyl (C=O) groups excluding carboxylic acids is 2. The number of ether oxygens (including phenoxy) is 1. The minimum absolute atomic E-state index is 0.0505. The number of rotatable bonds is 10. The van der Waals surface area contributed by atoms with Crippen molar-refractivity contribution in [3.05, 3.63) is 101 Å². The summed E-state index contributed by atoms with van der Waals surface area (Å²) in [5.74, 6) is -1.09. The van der Waals surface area contributed by atoms with Crippen molar-refractivity contribution < 1.29 is 24.2 Å². The SMILES string of the molecule is CC(C)C(C(=O)Nc1ccc(CCC(=O)O)cc1)c1ccc(CN2N=C(c3ccccc3)OCC2=O)cc1. The molecule has 8 heteroatoms. The van der Waals surface area contributed by atoms with Crippen LogP contribution in [0, 0.1) is 5.92 Å². The first-order chi connectivity index (χ1) is 18.3. The van der Waals surface area contributed by atoms with E-state index < -0.39 is 5.97 Å². The highest BCUT2D eigenvalue weighted by Gasteiger charge is 2.26. The molecule has 0 aliphatic carbocycles. The van der Waals surface area contributed by atoms with Gasteiger partial charge in [-0.25, -0.2) is 5.01 Å². The minimum Gasteiger partial charge on any atom is -0.481 e. The first kappa shape index (κ1) is 26.6. The lowest BCUT2D eigenvalue weighted by molar-refractivity contribution is -0.137. The van der Waals surface area contributed by atoms with Crippen molar-refractivity contribution in [3.63, 3.8) is 0 Å². The van der Waals surface area contributed by atoms with Crippen LogP contribution >= 0.6 is 0 Å². The van der Waals surface area contributed by atoms with Gasteiger partial charge in [-0.1, -0.05) is 68.4 Å². The summed E-state index contributed by atoms with van der Waals surface area (Å²) in [4.78, 5) is 36.4. The molecule has 0 saturated carbocycles. The van der Waals surface area contributed by atoms with E-state index in [-0.39, 0.29) is 36.7 Å². The zero-order chi connectivity index (χ0) is 27.1. The molecule has 3 aromatic carbocycles. The second-order valence-electron chi connectivity index (χ2n) is 9.55. The zero-order valence-electron chi connectivity index (χ0n) is 21.5. The number of carboxylic acids is 1. The van der Waals surface area contributed by atoms with Gasteiger partial charge in [-0.2, -0.15) is 0 Å². The van der Waals surface area contributed by atoms with Gasteiger partial charge in [-0.15, -0.1) is 5.10 Å². The second kappa shape index (κ2) is 12.2. The number of carbonyl (C=O) groups is 3.